The fourth-order valence-electron chi connectivity index (χ4n) is 3.37. The SMILES string of the molecule is CNC(C=C(C)C)C1(N(C)C)CCCC(C)C1. The first-order chi connectivity index (χ1) is 7.92. The maximum absolute atomic E-state index is 3.53. The molecule has 0 aromatic heterocycles. The maximum atomic E-state index is 3.53. The monoisotopic (exact) mass is 238 g/mol. The Balaban J connectivity index is 3.00. The zero-order valence-electron chi connectivity index (χ0n) is 12.5. The lowest BCUT2D eigenvalue weighted by molar-refractivity contribution is 0.0546. The Kier molecular flexibility index (Phi) is 5.21. The molecule has 3 unspecified atom stereocenters. The standard InChI is InChI=1S/C15H30N2/c1-12(2)10-14(16-4)15(17(5)6)9-7-8-13(3)11-15/h10,13-14,16H,7-9,11H2,1-6H3. The summed E-state index contributed by atoms with van der Waals surface area (Å²) in [4.78, 5) is 2.45. The van der Waals surface area contributed by atoms with E-state index in [1.54, 1.807) is 0 Å². The first-order valence-corrected chi connectivity index (χ1v) is 6.92. The van der Waals surface area contributed by atoms with Crippen LogP contribution in [0.25, 0.3) is 0 Å². The highest BCUT2D eigenvalue weighted by atomic mass is 15.2. The predicted molar refractivity (Wildman–Crippen MR) is 76.3 cm³/mol. The average molecular weight is 238 g/mol. The number of nitrogens with one attached hydrogen (secondary N) is 1. The van der Waals surface area contributed by atoms with Crippen LogP contribution in [0.15, 0.2) is 11.6 Å². The fraction of sp³-hybridized carbons (Fsp3) is 0.867. The lowest BCUT2D eigenvalue weighted by Gasteiger charge is -2.49. The van der Waals surface area contributed by atoms with E-state index >= 15 is 0 Å². The molecule has 3 atom stereocenters. The first-order valence-electron chi connectivity index (χ1n) is 6.92. The van der Waals surface area contributed by atoms with Gasteiger partial charge in [0.15, 0.2) is 0 Å². The van der Waals surface area contributed by atoms with Crippen LogP contribution in [0, 0.1) is 5.92 Å². The third-order valence-electron chi connectivity index (χ3n) is 4.29. The molecule has 1 fully saturated rings. The smallest absolute Gasteiger partial charge is 0.0436 e. The molecule has 1 N–H and O–H groups in total. The molecular formula is C15H30N2. The Bertz CT molecular complexity index is 266. The van der Waals surface area contributed by atoms with Gasteiger partial charge in [0, 0.05) is 11.6 Å². The molecule has 2 heteroatoms. The van der Waals surface area contributed by atoms with Crippen molar-refractivity contribution in [2.75, 3.05) is 21.1 Å². The molecule has 0 aromatic rings. The fourth-order valence-corrected chi connectivity index (χ4v) is 3.37. The van der Waals surface area contributed by atoms with Crippen LogP contribution in [-0.2, 0) is 0 Å². The highest BCUT2D eigenvalue weighted by Gasteiger charge is 2.41. The van der Waals surface area contributed by atoms with Crippen LogP contribution in [0.4, 0.5) is 0 Å². The van der Waals surface area contributed by atoms with Gasteiger partial charge in [-0.3, -0.25) is 0 Å². The van der Waals surface area contributed by atoms with E-state index in [2.05, 4.69) is 58.2 Å². The summed E-state index contributed by atoms with van der Waals surface area (Å²) in [5.74, 6) is 0.840. The van der Waals surface area contributed by atoms with Gasteiger partial charge in [-0.25, -0.2) is 0 Å². The highest BCUT2D eigenvalue weighted by Crippen LogP contribution is 2.38. The first kappa shape index (κ1) is 14.7. The van der Waals surface area contributed by atoms with E-state index in [1.807, 2.05) is 0 Å². The van der Waals surface area contributed by atoms with Crippen LogP contribution in [0.2, 0.25) is 0 Å². The molecule has 2 nitrogen and oxygen atoms in total. The molecule has 0 amide bonds. The molecule has 1 aliphatic rings. The van der Waals surface area contributed by atoms with E-state index in [-0.39, 0.29) is 0 Å². The van der Waals surface area contributed by atoms with E-state index in [1.165, 1.54) is 31.3 Å². The third-order valence-corrected chi connectivity index (χ3v) is 4.29. The third kappa shape index (κ3) is 3.32. The molecule has 0 heterocycles. The lowest BCUT2D eigenvalue weighted by Crippen LogP contribution is -2.59. The van der Waals surface area contributed by atoms with Crippen molar-refractivity contribution >= 4 is 0 Å². The summed E-state index contributed by atoms with van der Waals surface area (Å²) in [6.07, 6.45) is 7.75. The van der Waals surface area contributed by atoms with Crippen LogP contribution in [0.1, 0.15) is 46.5 Å². The molecule has 17 heavy (non-hydrogen) atoms. The molecule has 0 aromatic carbocycles. The summed E-state index contributed by atoms with van der Waals surface area (Å²) >= 11 is 0. The second-order valence-electron chi connectivity index (χ2n) is 6.21. The van der Waals surface area contributed by atoms with Crippen molar-refractivity contribution in [2.45, 2.75) is 58.0 Å². The van der Waals surface area contributed by atoms with Gasteiger partial charge in [-0.15, -0.1) is 0 Å². The summed E-state index contributed by atoms with van der Waals surface area (Å²) in [5, 5.41) is 3.53. The molecule has 1 rings (SSSR count). The Morgan fingerprint density at radius 2 is 2.06 bits per heavy atom. The summed E-state index contributed by atoms with van der Waals surface area (Å²) < 4.78 is 0. The Labute approximate surface area is 107 Å². The zero-order valence-corrected chi connectivity index (χ0v) is 12.5. The Hall–Kier alpha value is -0.340. The van der Waals surface area contributed by atoms with Crippen molar-refractivity contribution in [1.82, 2.24) is 10.2 Å². The molecule has 0 bridgehead atoms. The van der Waals surface area contributed by atoms with E-state index in [0.29, 0.717) is 11.6 Å². The van der Waals surface area contributed by atoms with Crippen molar-refractivity contribution in [3.05, 3.63) is 11.6 Å². The molecule has 0 saturated heterocycles. The van der Waals surface area contributed by atoms with Gasteiger partial charge in [0.25, 0.3) is 0 Å². The highest BCUT2D eigenvalue weighted by molar-refractivity contribution is 5.13. The second-order valence-corrected chi connectivity index (χ2v) is 6.21. The number of allylic oxidation sites excluding steroid dienone is 1. The quantitative estimate of drug-likeness (QED) is 0.757. The van der Waals surface area contributed by atoms with Crippen molar-refractivity contribution in [3.8, 4) is 0 Å². The number of rotatable bonds is 4. The van der Waals surface area contributed by atoms with Gasteiger partial charge in [-0.05, 0) is 53.8 Å². The van der Waals surface area contributed by atoms with Gasteiger partial charge in [0.1, 0.15) is 0 Å². The summed E-state index contributed by atoms with van der Waals surface area (Å²) in [7, 11) is 6.57. The van der Waals surface area contributed by atoms with Crippen molar-refractivity contribution < 1.29 is 0 Å². The number of hydrogen-bond acceptors (Lipinski definition) is 2. The van der Waals surface area contributed by atoms with Crippen molar-refractivity contribution in [3.63, 3.8) is 0 Å². The molecule has 0 aliphatic heterocycles. The molecule has 100 valence electrons. The lowest BCUT2D eigenvalue weighted by atomic mass is 9.71. The van der Waals surface area contributed by atoms with E-state index < -0.39 is 0 Å². The second kappa shape index (κ2) is 6.01. The number of likely N-dealkylation sites (N-methyl/N-ethyl adjacent to an activating group) is 2. The summed E-state index contributed by atoms with van der Waals surface area (Å²) in [6, 6.07) is 0.463. The van der Waals surface area contributed by atoms with Gasteiger partial charge >= 0.3 is 0 Å². The van der Waals surface area contributed by atoms with E-state index in [0.717, 1.165) is 5.92 Å². The number of hydrogen-bond donors (Lipinski definition) is 1. The normalized spacial score (nSPS) is 31.4. The van der Waals surface area contributed by atoms with Crippen LogP contribution >= 0.6 is 0 Å². The summed E-state index contributed by atoms with van der Waals surface area (Å²) in [5.41, 5.74) is 1.70. The number of nitrogens with zero attached hydrogens (tertiary/aromatic N) is 1. The molecule has 1 saturated carbocycles. The minimum absolute atomic E-state index is 0.295. The molecular weight excluding hydrogens is 208 g/mol. The van der Waals surface area contributed by atoms with Crippen LogP contribution in [-0.4, -0.2) is 37.6 Å². The van der Waals surface area contributed by atoms with Crippen LogP contribution < -0.4 is 5.32 Å². The predicted octanol–water partition coefficient (Wildman–Crippen LogP) is 3.05. The molecule has 0 spiro atoms. The van der Waals surface area contributed by atoms with Gasteiger partial charge in [0.2, 0.25) is 0 Å². The van der Waals surface area contributed by atoms with Crippen molar-refractivity contribution in [1.29, 1.82) is 0 Å². The summed E-state index contributed by atoms with van der Waals surface area (Å²) in [6.45, 7) is 6.78. The minimum atomic E-state index is 0.295. The van der Waals surface area contributed by atoms with Crippen LogP contribution in [0.3, 0.4) is 0 Å². The topological polar surface area (TPSA) is 15.3 Å². The van der Waals surface area contributed by atoms with Gasteiger partial charge in [-0.1, -0.05) is 31.4 Å². The molecule has 1 aliphatic carbocycles. The van der Waals surface area contributed by atoms with Gasteiger partial charge < -0.3 is 10.2 Å². The van der Waals surface area contributed by atoms with E-state index in [4.69, 9.17) is 0 Å². The van der Waals surface area contributed by atoms with Crippen LogP contribution in [0.5, 0.6) is 0 Å². The van der Waals surface area contributed by atoms with Gasteiger partial charge in [0.05, 0.1) is 0 Å². The maximum Gasteiger partial charge on any atom is 0.0436 e. The Morgan fingerprint density at radius 1 is 1.41 bits per heavy atom. The minimum Gasteiger partial charge on any atom is -0.312 e. The molecule has 0 radical (unpaired) electrons. The zero-order chi connectivity index (χ0) is 13.1. The Morgan fingerprint density at radius 3 is 2.47 bits per heavy atom. The largest absolute Gasteiger partial charge is 0.312 e. The van der Waals surface area contributed by atoms with Crippen molar-refractivity contribution in [2.24, 2.45) is 5.92 Å². The van der Waals surface area contributed by atoms with Gasteiger partial charge in [-0.2, -0.15) is 0 Å². The van der Waals surface area contributed by atoms with E-state index in [9.17, 15) is 0 Å². The average Bonchev–Trinajstić information content (AvgIpc) is 2.25.